The monoisotopic (exact) mass is 345 g/mol. The normalized spacial score (nSPS) is 18.8. The molecule has 3 rings (SSSR count). The molecule has 2 aliphatic carbocycles. The van der Waals surface area contributed by atoms with E-state index in [1.165, 1.54) is 31.2 Å². The minimum Gasteiger partial charge on any atom is -0.491 e. The van der Waals surface area contributed by atoms with Crippen molar-refractivity contribution in [3.63, 3.8) is 0 Å². The summed E-state index contributed by atoms with van der Waals surface area (Å²) in [5, 5.41) is 6.95. The van der Waals surface area contributed by atoms with Gasteiger partial charge in [-0.25, -0.2) is 0 Å². The van der Waals surface area contributed by atoms with Crippen molar-refractivity contribution in [2.75, 3.05) is 33.9 Å². The van der Waals surface area contributed by atoms with E-state index in [0.29, 0.717) is 25.2 Å². The fourth-order valence-electron chi connectivity index (χ4n) is 3.42. The summed E-state index contributed by atoms with van der Waals surface area (Å²) in [5.41, 5.74) is 2.89. The molecule has 25 heavy (non-hydrogen) atoms. The molecule has 0 amide bonds. The number of aryl methyl sites for hydroxylation is 1. The maximum Gasteiger partial charge on any atom is 0.191 e. The van der Waals surface area contributed by atoms with Gasteiger partial charge in [0.25, 0.3) is 0 Å². The Hall–Kier alpha value is -1.75. The number of hydrogen-bond donors (Lipinski definition) is 2. The van der Waals surface area contributed by atoms with Crippen LogP contribution in [0.15, 0.2) is 23.2 Å². The van der Waals surface area contributed by atoms with Crippen LogP contribution in [0.3, 0.4) is 0 Å². The first kappa shape index (κ1) is 18.1. The molecule has 2 N–H and O–H groups in total. The molecule has 138 valence electrons. The Morgan fingerprint density at radius 2 is 2.04 bits per heavy atom. The average Bonchev–Trinajstić information content (AvgIpc) is 3.49. The second-order valence-electron chi connectivity index (χ2n) is 7.37. The highest BCUT2D eigenvalue weighted by Gasteiger charge is 2.53. The van der Waals surface area contributed by atoms with Gasteiger partial charge < -0.3 is 20.1 Å². The highest BCUT2D eigenvalue weighted by Crippen LogP contribution is 2.60. The zero-order valence-corrected chi connectivity index (χ0v) is 15.7. The Balaban J connectivity index is 1.52. The fraction of sp³-hybridized carbons (Fsp3) is 0.650. The van der Waals surface area contributed by atoms with Gasteiger partial charge in [-0.3, -0.25) is 4.99 Å². The predicted molar refractivity (Wildman–Crippen MR) is 101 cm³/mol. The van der Waals surface area contributed by atoms with Crippen molar-refractivity contribution in [1.82, 2.24) is 10.6 Å². The van der Waals surface area contributed by atoms with Gasteiger partial charge in [0.15, 0.2) is 5.96 Å². The molecule has 0 aliphatic heterocycles. The lowest BCUT2D eigenvalue weighted by Gasteiger charge is -2.19. The summed E-state index contributed by atoms with van der Waals surface area (Å²) in [4.78, 5) is 4.37. The Kier molecular flexibility index (Phi) is 5.84. The highest BCUT2D eigenvalue weighted by molar-refractivity contribution is 5.79. The smallest absolute Gasteiger partial charge is 0.191 e. The molecule has 2 fully saturated rings. The molecule has 0 saturated heterocycles. The van der Waals surface area contributed by atoms with Crippen LogP contribution in [-0.4, -0.2) is 39.9 Å². The van der Waals surface area contributed by atoms with Crippen molar-refractivity contribution in [2.45, 2.75) is 39.2 Å². The number of benzene rings is 1. The minimum absolute atomic E-state index is 0.559. The lowest BCUT2D eigenvalue weighted by molar-refractivity contribution is 0.145. The molecule has 0 radical (unpaired) electrons. The van der Waals surface area contributed by atoms with Gasteiger partial charge in [-0.05, 0) is 55.6 Å². The largest absolute Gasteiger partial charge is 0.491 e. The summed E-state index contributed by atoms with van der Waals surface area (Å²) in [5.74, 6) is 2.74. The lowest BCUT2D eigenvalue weighted by atomic mass is 10.0. The summed E-state index contributed by atoms with van der Waals surface area (Å²) in [6.45, 7) is 4.96. The number of methoxy groups -OCH3 is 1. The molecule has 5 nitrogen and oxygen atoms in total. The maximum atomic E-state index is 5.86. The number of guanidine groups is 1. The Labute approximate surface area is 151 Å². The Bertz CT molecular complexity index is 607. The molecule has 0 aromatic heterocycles. The lowest BCUT2D eigenvalue weighted by Crippen LogP contribution is -2.40. The van der Waals surface area contributed by atoms with Crippen molar-refractivity contribution in [3.8, 4) is 5.75 Å². The third-order valence-corrected chi connectivity index (χ3v) is 5.38. The predicted octanol–water partition coefficient (Wildman–Crippen LogP) is 2.88. The third kappa shape index (κ3) is 4.88. The number of nitrogens with zero attached hydrogens (tertiary/aromatic N) is 1. The second-order valence-corrected chi connectivity index (χ2v) is 7.37. The number of rotatable bonds is 9. The van der Waals surface area contributed by atoms with E-state index in [2.05, 4.69) is 40.7 Å². The van der Waals surface area contributed by atoms with Gasteiger partial charge in [0.2, 0.25) is 0 Å². The molecule has 0 heterocycles. The van der Waals surface area contributed by atoms with E-state index in [-0.39, 0.29) is 0 Å². The van der Waals surface area contributed by atoms with Crippen LogP contribution in [0.5, 0.6) is 5.75 Å². The van der Waals surface area contributed by atoms with E-state index in [9.17, 15) is 0 Å². The second kappa shape index (κ2) is 8.09. The Morgan fingerprint density at radius 1 is 1.24 bits per heavy atom. The molecule has 1 aromatic carbocycles. The maximum absolute atomic E-state index is 5.86. The van der Waals surface area contributed by atoms with Gasteiger partial charge in [-0.1, -0.05) is 12.1 Å². The molecule has 2 saturated carbocycles. The van der Waals surface area contributed by atoms with Gasteiger partial charge in [0.05, 0.1) is 6.61 Å². The van der Waals surface area contributed by atoms with Crippen molar-refractivity contribution >= 4 is 5.96 Å². The number of hydrogen-bond acceptors (Lipinski definition) is 3. The molecule has 5 heteroatoms. The first-order chi connectivity index (χ1) is 12.2. The summed E-state index contributed by atoms with van der Waals surface area (Å²) >= 11 is 0. The summed E-state index contributed by atoms with van der Waals surface area (Å²) in [7, 11) is 3.52. The van der Waals surface area contributed by atoms with Crippen LogP contribution in [0.1, 0.15) is 36.8 Å². The van der Waals surface area contributed by atoms with Crippen molar-refractivity contribution in [3.05, 3.63) is 29.3 Å². The number of nitrogens with one attached hydrogen (secondary N) is 2. The van der Waals surface area contributed by atoms with Crippen molar-refractivity contribution in [1.29, 1.82) is 0 Å². The number of aliphatic imine (C=N–C) groups is 1. The molecule has 0 spiro atoms. The average molecular weight is 345 g/mol. The standard InChI is InChI=1S/C20H31N3O2/c1-15-4-5-16(18(12-15)25-11-10-24-3)13-22-19(21-2)23-14-20(8-9-20)17-6-7-17/h4-5,12,17H,6-11,13-14H2,1-3H3,(H2,21,22,23). The van der Waals surface area contributed by atoms with E-state index in [1.54, 1.807) is 7.11 Å². The molecule has 2 aliphatic rings. The van der Waals surface area contributed by atoms with Crippen molar-refractivity contribution in [2.24, 2.45) is 16.3 Å². The first-order valence-corrected chi connectivity index (χ1v) is 9.33. The minimum atomic E-state index is 0.559. The van der Waals surface area contributed by atoms with Crippen LogP contribution in [0.4, 0.5) is 0 Å². The van der Waals surface area contributed by atoms with E-state index in [0.717, 1.165) is 29.7 Å². The third-order valence-electron chi connectivity index (χ3n) is 5.38. The van der Waals surface area contributed by atoms with Gasteiger partial charge in [0.1, 0.15) is 12.4 Å². The summed E-state index contributed by atoms with van der Waals surface area (Å²) < 4.78 is 10.9. The van der Waals surface area contributed by atoms with Crippen LogP contribution >= 0.6 is 0 Å². The first-order valence-electron chi connectivity index (χ1n) is 9.33. The van der Waals surface area contributed by atoms with E-state index in [4.69, 9.17) is 9.47 Å². The zero-order valence-electron chi connectivity index (χ0n) is 15.7. The molecule has 0 bridgehead atoms. The zero-order chi connectivity index (χ0) is 17.7. The van der Waals surface area contributed by atoms with Crippen LogP contribution < -0.4 is 15.4 Å². The SMILES string of the molecule is CN=C(NCc1ccc(C)cc1OCCOC)NCC1(C2CC2)CC1. The van der Waals surface area contributed by atoms with Gasteiger partial charge in [-0.2, -0.15) is 0 Å². The quantitative estimate of drug-likeness (QED) is 0.410. The van der Waals surface area contributed by atoms with Crippen LogP contribution in [-0.2, 0) is 11.3 Å². The molecule has 0 unspecified atom stereocenters. The highest BCUT2D eigenvalue weighted by atomic mass is 16.5. The number of ether oxygens (including phenoxy) is 2. The summed E-state index contributed by atoms with van der Waals surface area (Å²) in [6, 6.07) is 6.31. The van der Waals surface area contributed by atoms with Gasteiger partial charge in [-0.15, -0.1) is 0 Å². The van der Waals surface area contributed by atoms with E-state index < -0.39 is 0 Å². The van der Waals surface area contributed by atoms with Gasteiger partial charge in [0, 0.05) is 32.8 Å². The molecular formula is C20H31N3O2. The van der Waals surface area contributed by atoms with E-state index >= 15 is 0 Å². The van der Waals surface area contributed by atoms with Gasteiger partial charge >= 0.3 is 0 Å². The van der Waals surface area contributed by atoms with Crippen molar-refractivity contribution < 1.29 is 9.47 Å². The molecular weight excluding hydrogens is 314 g/mol. The molecule has 0 atom stereocenters. The van der Waals surface area contributed by atoms with Crippen LogP contribution in [0.25, 0.3) is 0 Å². The van der Waals surface area contributed by atoms with Crippen LogP contribution in [0.2, 0.25) is 0 Å². The summed E-state index contributed by atoms with van der Waals surface area (Å²) in [6.07, 6.45) is 5.58. The molecule has 1 aromatic rings. The Morgan fingerprint density at radius 3 is 2.68 bits per heavy atom. The topological polar surface area (TPSA) is 54.9 Å². The van der Waals surface area contributed by atoms with Crippen LogP contribution in [0, 0.1) is 18.3 Å². The van der Waals surface area contributed by atoms with E-state index in [1.807, 2.05) is 7.05 Å². The fourth-order valence-corrected chi connectivity index (χ4v) is 3.42.